The lowest BCUT2D eigenvalue weighted by molar-refractivity contribution is 0.101. The van der Waals surface area contributed by atoms with Gasteiger partial charge in [-0.25, -0.2) is 9.97 Å². The molecule has 0 radical (unpaired) electrons. The number of carbonyl (C=O) groups excluding carboxylic acids is 1. The van der Waals surface area contributed by atoms with E-state index < -0.39 is 0 Å². The minimum absolute atomic E-state index is 0.0216. The van der Waals surface area contributed by atoms with Gasteiger partial charge in [0.15, 0.2) is 5.78 Å². The summed E-state index contributed by atoms with van der Waals surface area (Å²) in [5.74, 6) is 0.759. The predicted octanol–water partition coefficient (Wildman–Crippen LogP) is 1.74. The monoisotopic (exact) mass is 284 g/mol. The van der Waals surface area contributed by atoms with E-state index in [0.717, 1.165) is 27.8 Å². The number of carbonyl (C=O) groups is 1. The van der Waals surface area contributed by atoms with Crippen molar-refractivity contribution >= 4 is 33.5 Å². The number of rotatable bonds is 4. The standard InChI is InChI=1S/C15H16N4O2/c1-9(21)10-3-4-12-11(7-10)13-14(18-12)16-8-17-15(13)19(2)5-6-20/h3-4,7-8,20H,5-6H2,1-2H3,(H,16,17,18). The molecule has 21 heavy (non-hydrogen) atoms. The summed E-state index contributed by atoms with van der Waals surface area (Å²) in [7, 11) is 1.87. The summed E-state index contributed by atoms with van der Waals surface area (Å²) in [4.78, 5) is 25.3. The number of anilines is 1. The SMILES string of the molecule is CC(=O)c1ccc2[nH]c3ncnc(N(C)CCO)c3c2c1. The van der Waals surface area contributed by atoms with Crippen LogP contribution in [0.2, 0.25) is 0 Å². The first-order valence-corrected chi connectivity index (χ1v) is 6.71. The molecule has 0 bridgehead atoms. The molecule has 0 atom stereocenters. The predicted molar refractivity (Wildman–Crippen MR) is 81.8 cm³/mol. The molecule has 0 spiro atoms. The van der Waals surface area contributed by atoms with E-state index in [9.17, 15) is 4.79 Å². The van der Waals surface area contributed by atoms with Crippen LogP contribution in [-0.4, -0.2) is 46.0 Å². The zero-order valence-corrected chi connectivity index (χ0v) is 11.9. The quantitative estimate of drug-likeness (QED) is 0.713. The van der Waals surface area contributed by atoms with E-state index >= 15 is 0 Å². The molecule has 1 aromatic carbocycles. The number of benzene rings is 1. The number of aromatic nitrogens is 3. The summed E-state index contributed by atoms with van der Waals surface area (Å²) in [6.45, 7) is 2.07. The number of fused-ring (bicyclic) bond motifs is 3. The molecule has 0 fully saturated rings. The second kappa shape index (κ2) is 5.14. The van der Waals surface area contributed by atoms with Crippen LogP contribution in [0.1, 0.15) is 17.3 Å². The number of ketones is 1. The lowest BCUT2D eigenvalue weighted by Crippen LogP contribution is -2.22. The highest BCUT2D eigenvalue weighted by atomic mass is 16.3. The first kappa shape index (κ1) is 13.5. The van der Waals surface area contributed by atoms with Gasteiger partial charge in [0, 0.05) is 30.1 Å². The Bertz CT molecular complexity index is 825. The van der Waals surface area contributed by atoms with Gasteiger partial charge in [-0.05, 0) is 25.1 Å². The fourth-order valence-electron chi connectivity index (χ4n) is 2.47. The van der Waals surface area contributed by atoms with E-state index in [1.807, 2.05) is 24.1 Å². The van der Waals surface area contributed by atoms with Crippen molar-refractivity contribution < 1.29 is 9.90 Å². The number of nitrogens with zero attached hydrogens (tertiary/aromatic N) is 3. The number of aliphatic hydroxyl groups is 1. The van der Waals surface area contributed by atoms with Gasteiger partial charge in [0.2, 0.25) is 0 Å². The van der Waals surface area contributed by atoms with Crippen LogP contribution in [0, 0.1) is 0 Å². The van der Waals surface area contributed by atoms with Gasteiger partial charge >= 0.3 is 0 Å². The molecule has 0 aliphatic carbocycles. The van der Waals surface area contributed by atoms with Crippen molar-refractivity contribution in [2.24, 2.45) is 0 Å². The normalized spacial score (nSPS) is 11.2. The summed E-state index contributed by atoms with van der Waals surface area (Å²) in [6, 6.07) is 5.53. The molecule has 6 heteroatoms. The number of likely N-dealkylation sites (N-methyl/N-ethyl adjacent to an activating group) is 1. The molecule has 3 aromatic rings. The summed E-state index contributed by atoms with van der Waals surface area (Å²) >= 11 is 0. The smallest absolute Gasteiger partial charge is 0.159 e. The topological polar surface area (TPSA) is 82.1 Å². The molecule has 0 aliphatic heterocycles. The van der Waals surface area contributed by atoms with Gasteiger partial charge in [0.25, 0.3) is 0 Å². The van der Waals surface area contributed by atoms with E-state index in [-0.39, 0.29) is 12.4 Å². The van der Waals surface area contributed by atoms with Crippen LogP contribution in [0.4, 0.5) is 5.82 Å². The Kier molecular flexibility index (Phi) is 3.31. The van der Waals surface area contributed by atoms with Crippen LogP contribution in [-0.2, 0) is 0 Å². The lowest BCUT2D eigenvalue weighted by Gasteiger charge is -2.17. The van der Waals surface area contributed by atoms with Gasteiger partial charge < -0.3 is 15.0 Å². The van der Waals surface area contributed by atoms with Crippen molar-refractivity contribution in [2.45, 2.75) is 6.92 Å². The number of nitrogens with one attached hydrogen (secondary N) is 1. The first-order chi connectivity index (χ1) is 10.1. The minimum Gasteiger partial charge on any atom is -0.395 e. The molecule has 0 saturated heterocycles. The molecular formula is C15H16N4O2. The summed E-state index contributed by atoms with van der Waals surface area (Å²) < 4.78 is 0. The van der Waals surface area contributed by atoms with Crippen LogP contribution in [0.3, 0.4) is 0 Å². The molecule has 2 aromatic heterocycles. The average Bonchev–Trinajstić information content (AvgIpc) is 2.84. The van der Waals surface area contributed by atoms with Crippen molar-refractivity contribution in [3.05, 3.63) is 30.1 Å². The number of Topliss-reactive ketones (excluding diaryl/α,β-unsaturated/α-hetero) is 1. The molecule has 3 rings (SSSR count). The van der Waals surface area contributed by atoms with Crippen LogP contribution >= 0.6 is 0 Å². The second-order valence-corrected chi connectivity index (χ2v) is 5.01. The number of H-pyrrole nitrogens is 1. The van der Waals surface area contributed by atoms with Crippen molar-refractivity contribution in [3.63, 3.8) is 0 Å². The Morgan fingerprint density at radius 2 is 2.19 bits per heavy atom. The van der Waals surface area contributed by atoms with Gasteiger partial charge in [0.1, 0.15) is 17.8 Å². The second-order valence-electron chi connectivity index (χ2n) is 5.01. The average molecular weight is 284 g/mol. The highest BCUT2D eigenvalue weighted by molar-refractivity contribution is 6.13. The first-order valence-electron chi connectivity index (χ1n) is 6.71. The van der Waals surface area contributed by atoms with Gasteiger partial charge in [0.05, 0.1) is 12.0 Å². The fourth-order valence-corrected chi connectivity index (χ4v) is 2.47. The van der Waals surface area contributed by atoms with Crippen molar-refractivity contribution in [2.75, 3.05) is 25.1 Å². The Morgan fingerprint density at radius 3 is 2.90 bits per heavy atom. The molecule has 6 nitrogen and oxygen atoms in total. The summed E-state index contributed by atoms with van der Waals surface area (Å²) in [6.07, 6.45) is 1.49. The summed E-state index contributed by atoms with van der Waals surface area (Å²) in [5, 5.41) is 10.9. The Balaban J connectivity index is 2.31. The number of hydrogen-bond donors (Lipinski definition) is 2. The molecule has 0 saturated carbocycles. The molecule has 108 valence electrons. The van der Waals surface area contributed by atoms with Crippen LogP contribution in [0.15, 0.2) is 24.5 Å². The third-order valence-corrected chi connectivity index (χ3v) is 3.57. The molecule has 0 amide bonds. The highest BCUT2D eigenvalue weighted by Crippen LogP contribution is 2.31. The molecule has 0 unspecified atom stereocenters. The maximum absolute atomic E-state index is 11.6. The zero-order valence-electron chi connectivity index (χ0n) is 11.9. The maximum atomic E-state index is 11.6. The molecule has 0 aliphatic rings. The van der Waals surface area contributed by atoms with E-state index in [4.69, 9.17) is 5.11 Å². The maximum Gasteiger partial charge on any atom is 0.159 e. The van der Waals surface area contributed by atoms with Crippen molar-refractivity contribution in [3.8, 4) is 0 Å². The van der Waals surface area contributed by atoms with Gasteiger partial charge in [-0.2, -0.15) is 0 Å². The van der Waals surface area contributed by atoms with E-state index in [1.165, 1.54) is 6.33 Å². The number of hydrogen-bond acceptors (Lipinski definition) is 5. The Labute approximate surface area is 121 Å². The van der Waals surface area contributed by atoms with E-state index in [2.05, 4.69) is 15.0 Å². The highest BCUT2D eigenvalue weighted by Gasteiger charge is 2.15. The van der Waals surface area contributed by atoms with Gasteiger partial charge in [-0.1, -0.05) is 0 Å². The fraction of sp³-hybridized carbons (Fsp3) is 0.267. The summed E-state index contributed by atoms with van der Waals surface area (Å²) in [5.41, 5.74) is 2.29. The number of aliphatic hydroxyl groups excluding tert-OH is 1. The van der Waals surface area contributed by atoms with Crippen molar-refractivity contribution in [1.29, 1.82) is 0 Å². The van der Waals surface area contributed by atoms with E-state index in [0.29, 0.717) is 12.1 Å². The molecular weight excluding hydrogens is 268 g/mol. The van der Waals surface area contributed by atoms with Crippen molar-refractivity contribution in [1.82, 2.24) is 15.0 Å². The Hall–Kier alpha value is -2.47. The van der Waals surface area contributed by atoms with Gasteiger partial charge in [-0.15, -0.1) is 0 Å². The van der Waals surface area contributed by atoms with Crippen LogP contribution in [0.25, 0.3) is 21.9 Å². The van der Waals surface area contributed by atoms with Gasteiger partial charge in [-0.3, -0.25) is 4.79 Å². The molecule has 2 N–H and O–H groups in total. The largest absolute Gasteiger partial charge is 0.395 e. The third-order valence-electron chi connectivity index (χ3n) is 3.57. The lowest BCUT2D eigenvalue weighted by atomic mass is 10.1. The zero-order chi connectivity index (χ0) is 15.0. The van der Waals surface area contributed by atoms with E-state index in [1.54, 1.807) is 13.0 Å². The third kappa shape index (κ3) is 2.23. The van der Waals surface area contributed by atoms with Crippen LogP contribution in [0.5, 0.6) is 0 Å². The molecule has 2 heterocycles. The number of aromatic amines is 1. The van der Waals surface area contributed by atoms with Crippen LogP contribution < -0.4 is 4.90 Å². The Morgan fingerprint density at radius 1 is 1.38 bits per heavy atom. The minimum atomic E-state index is 0.0216.